The van der Waals surface area contributed by atoms with E-state index in [1.165, 1.54) is 30.3 Å². The molecule has 1 aliphatic carbocycles. The molecule has 1 aliphatic rings. The van der Waals surface area contributed by atoms with Gasteiger partial charge in [-0.15, -0.1) is 0 Å². The fourth-order valence-electron chi connectivity index (χ4n) is 4.16. The van der Waals surface area contributed by atoms with Crippen LogP contribution in [-0.4, -0.2) is 23.2 Å². The quantitative estimate of drug-likeness (QED) is 0.404. The Kier molecular flexibility index (Phi) is 7.64. The summed E-state index contributed by atoms with van der Waals surface area (Å²) >= 11 is 12.1. The SMILES string of the molecule is CC(C(=O)O)C(c1ccc(Cl)c(NC(=O)C(c2ccc(Cl)cc2)C(C)C(F)(F)F)c1)C1CC1. The molecule has 0 bridgehead atoms. The largest absolute Gasteiger partial charge is 0.481 e. The third kappa shape index (κ3) is 6.01. The van der Waals surface area contributed by atoms with E-state index in [0.29, 0.717) is 10.6 Å². The van der Waals surface area contributed by atoms with E-state index in [2.05, 4.69) is 5.32 Å². The second-order valence-electron chi connectivity index (χ2n) is 8.58. The predicted molar refractivity (Wildman–Crippen MR) is 122 cm³/mol. The summed E-state index contributed by atoms with van der Waals surface area (Å²) < 4.78 is 40.8. The van der Waals surface area contributed by atoms with Crippen molar-refractivity contribution in [1.29, 1.82) is 0 Å². The lowest BCUT2D eigenvalue weighted by molar-refractivity contribution is -0.178. The van der Waals surface area contributed by atoms with Gasteiger partial charge in [-0.1, -0.05) is 55.2 Å². The molecule has 178 valence electrons. The zero-order valence-electron chi connectivity index (χ0n) is 18.0. The maximum absolute atomic E-state index is 13.6. The van der Waals surface area contributed by atoms with E-state index in [9.17, 15) is 27.9 Å². The minimum atomic E-state index is -4.61. The number of halogens is 5. The molecule has 0 aliphatic heterocycles. The summed E-state index contributed by atoms with van der Waals surface area (Å²) in [6, 6.07) is 10.5. The van der Waals surface area contributed by atoms with Gasteiger partial charge in [0.25, 0.3) is 0 Å². The van der Waals surface area contributed by atoms with Crippen LogP contribution in [0.25, 0.3) is 0 Å². The van der Waals surface area contributed by atoms with Gasteiger partial charge in [0.1, 0.15) is 0 Å². The van der Waals surface area contributed by atoms with Crippen LogP contribution < -0.4 is 5.32 Å². The Morgan fingerprint density at radius 3 is 2.12 bits per heavy atom. The van der Waals surface area contributed by atoms with Gasteiger partial charge in [0.05, 0.1) is 28.5 Å². The van der Waals surface area contributed by atoms with Crippen molar-refractivity contribution in [2.75, 3.05) is 5.32 Å². The highest BCUT2D eigenvalue weighted by atomic mass is 35.5. The summed E-state index contributed by atoms with van der Waals surface area (Å²) in [6.07, 6.45) is -2.82. The van der Waals surface area contributed by atoms with Crippen LogP contribution in [0.1, 0.15) is 49.7 Å². The smallest absolute Gasteiger partial charge is 0.392 e. The number of amides is 1. The van der Waals surface area contributed by atoms with Gasteiger partial charge in [-0.25, -0.2) is 0 Å². The minimum absolute atomic E-state index is 0.149. The molecule has 0 spiro atoms. The fourth-order valence-corrected chi connectivity index (χ4v) is 4.45. The standard InChI is InChI=1S/C24H24Cl2F3NO3/c1-12(23(32)33)20(14-3-4-14)16-7-10-18(26)19(11-16)30-22(31)21(13(2)24(27,28)29)15-5-8-17(25)9-6-15/h5-14,20-21H,3-4H2,1-2H3,(H,30,31)(H,32,33). The third-order valence-corrected chi connectivity index (χ3v) is 6.80. The Morgan fingerprint density at radius 2 is 1.61 bits per heavy atom. The number of anilines is 1. The van der Waals surface area contributed by atoms with Crippen molar-refractivity contribution in [1.82, 2.24) is 0 Å². The van der Waals surface area contributed by atoms with E-state index in [0.717, 1.165) is 19.8 Å². The lowest BCUT2D eigenvalue weighted by Crippen LogP contribution is -2.34. The van der Waals surface area contributed by atoms with Crippen LogP contribution in [0.5, 0.6) is 0 Å². The summed E-state index contributed by atoms with van der Waals surface area (Å²) in [6.45, 7) is 2.58. The third-order valence-electron chi connectivity index (χ3n) is 6.22. The number of hydrogen-bond donors (Lipinski definition) is 2. The van der Waals surface area contributed by atoms with Crippen molar-refractivity contribution in [3.05, 3.63) is 63.6 Å². The Hall–Kier alpha value is -2.25. The topological polar surface area (TPSA) is 66.4 Å². The first-order valence-electron chi connectivity index (χ1n) is 10.6. The highest BCUT2D eigenvalue weighted by Crippen LogP contribution is 2.48. The number of benzene rings is 2. The molecule has 1 amide bonds. The van der Waals surface area contributed by atoms with E-state index in [1.54, 1.807) is 19.1 Å². The number of rotatable bonds is 8. The molecule has 9 heteroatoms. The van der Waals surface area contributed by atoms with Gasteiger partial charge >= 0.3 is 12.1 Å². The summed E-state index contributed by atoms with van der Waals surface area (Å²) in [4.78, 5) is 24.7. The number of carbonyl (C=O) groups is 2. The minimum Gasteiger partial charge on any atom is -0.481 e. The van der Waals surface area contributed by atoms with Crippen molar-refractivity contribution in [2.45, 2.75) is 44.7 Å². The Morgan fingerprint density at radius 1 is 1.03 bits per heavy atom. The number of hydrogen-bond acceptors (Lipinski definition) is 2. The van der Waals surface area contributed by atoms with Gasteiger partial charge in [-0.3, -0.25) is 9.59 Å². The number of aliphatic carboxylic acids is 1. The van der Waals surface area contributed by atoms with Gasteiger partial charge in [-0.05, 0) is 60.1 Å². The number of nitrogens with one attached hydrogen (secondary N) is 1. The van der Waals surface area contributed by atoms with Gasteiger partial charge in [0, 0.05) is 5.02 Å². The maximum atomic E-state index is 13.6. The van der Waals surface area contributed by atoms with Crippen LogP contribution in [-0.2, 0) is 9.59 Å². The van der Waals surface area contributed by atoms with Crippen molar-refractivity contribution in [2.24, 2.45) is 17.8 Å². The normalized spacial score (nSPS) is 17.7. The van der Waals surface area contributed by atoms with Crippen LogP contribution in [0, 0.1) is 17.8 Å². The molecule has 0 saturated heterocycles. The van der Waals surface area contributed by atoms with E-state index in [-0.39, 0.29) is 28.1 Å². The molecule has 2 N–H and O–H groups in total. The van der Waals surface area contributed by atoms with Gasteiger partial charge < -0.3 is 10.4 Å². The Bertz CT molecular complexity index is 1020. The average molecular weight is 502 g/mol. The molecular formula is C24H24Cl2F3NO3. The summed E-state index contributed by atoms with van der Waals surface area (Å²) in [5, 5.41) is 12.5. The molecule has 0 radical (unpaired) electrons. The molecule has 2 aromatic rings. The number of carboxylic acid groups (broad SMARTS) is 1. The van der Waals surface area contributed by atoms with Crippen LogP contribution in [0.2, 0.25) is 10.0 Å². The Balaban J connectivity index is 1.94. The van der Waals surface area contributed by atoms with Crippen LogP contribution in [0.3, 0.4) is 0 Å². The van der Waals surface area contributed by atoms with Crippen LogP contribution in [0.15, 0.2) is 42.5 Å². The molecule has 1 saturated carbocycles. The molecule has 1 fully saturated rings. The lowest BCUT2D eigenvalue weighted by atomic mass is 9.83. The first kappa shape index (κ1) is 25.4. The van der Waals surface area contributed by atoms with Crippen LogP contribution in [0.4, 0.5) is 18.9 Å². The molecule has 4 atom stereocenters. The van der Waals surface area contributed by atoms with Crippen molar-refractivity contribution < 1.29 is 27.9 Å². The maximum Gasteiger partial charge on any atom is 0.392 e. The van der Waals surface area contributed by atoms with Crippen molar-refractivity contribution >= 4 is 40.8 Å². The molecule has 0 heterocycles. The predicted octanol–water partition coefficient (Wildman–Crippen LogP) is 7.13. The van der Waals surface area contributed by atoms with Gasteiger partial charge in [0.2, 0.25) is 5.91 Å². The summed E-state index contributed by atoms with van der Waals surface area (Å²) in [7, 11) is 0. The number of alkyl halides is 3. The zero-order chi connectivity index (χ0) is 24.5. The molecule has 4 nitrogen and oxygen atoms in total. The monoisotopic (exact) mass is 501 g/mol. The fraction of sp³-hybridized carbons (Fsp3) is 0.417. The van der Waals surface area contributed by atoms with E-state index in [4.69, 9.17) is 23.2 Å². The molecular weight excluding hydrogens is 478 g/mol. The van der Waals surface area contributed by atoms with Gasteiger partial charge in [-0.2, -0.15) is 13.2 Å². The van der Waals surface area contributed by atoms with Crippen molar-refractivity contribution in [3.8, 4) is 0 Å². The first-order chi connectivity index (χ1) is 15.4. The van der Waals surface area contributed by atoms with Gasteiger partial charge in [0.15, 0.2) is 0 Å². The summed E-state index contributed by atoms with van der Waals surface area (Å²) in [5.74, 6) is -6.03. The van der Waals surface area contributed by atoms with E-state index >= 15 is 0 Å². The molecule has 4 unspecified atom stereocenters. The summed E-state index contributed by atoms with van der Waals surface area (Å²) in [5.41, 5.74) is 0.999. The second kappa shape index (κ2) is 9.94. The highest BCUT2D eigenvalue weighted by molar-refractivity contribution is 6.33. The van der Waals surface area contributed by atoms with E-state index < -0.39 is 35.8 Å². The number of carboxylic acids is 1. The van der Waals surface area contributed by atoms with Crippen LogP contribution >= 0.6 is 23.2 Å². The highest BCUT2D eigenvalue weighted by Gasteiger charge is 2.45. The lowest BCUT2D eigenvalue weighted by Gasteiger charge is -2.26. The zero-order valence-corrected chi connectivity index (χ0v) is 19.5. The first-order valence-corrected chi connectivity index (χ1v) is 11.3. The second-order valence-corrected chi connectivity index (χ2v) is 9.42. The van der Waals surface area contributed by atoms with E-state index in [1.807, 2.05) is 0 Å². The molecule has 2 aromatic carbocycles. The molecule has 33 heavy (non-hydrogen) atoms. The number of carbonyl (C=O) groups excluding carboxylic acids is 1. The van der Waals surface area contributed by atoms with Crippen molar-refractivity contribution in [3.63, 3.8) is 0 Å². The average Bonchev–Trinajstić information content (AvgIpc) is 3.56. The molecule has 0 aromatic heterocycles. The Labute approximate surface area is 200 Å². The molecule has 3 rings (SSSR count).